The molecule has 1 unspecified atom stereocenters. The number of rotatable bonds is 7. The zero-order valence-electron chi connectivity index (χ0n) is 10.8. The van der Waals surface area contributed by atoms with Crippen molar-refractivity contribution in [1.29, 1.82) is 0 Å². The van der Waals surface area contributed by atoms with Crippen LogP contribution in [0.2, 0.25) is 0 Å². The van der Waals surface area contributed by atoms with Crippen molar-refractivity contribution in [3.05, 3.63) is 34.3 Å². The highest BCUT2D eigenvalue weighted by Crippen LogP contribution is 2.13. The van der Waals surface area contributed by atoms with E-state index in [-0.39, 0.29) is 6.04 Å². The number of nitrogens with one attached hydrogen (secondary N) is 1. The minimum atomic E-state index is -0.794. The van der Waals surface area contributed by atoms with E-state index in [9.17, 15) is 4.79 Å². The van der Waals surface area contributed by atoms with Gasteiger partial charge in [-0.25, -0.2) is 0 Å². The molecular weight excluding hydrogens is 294 g/mol. The van der Waals surface area contributed by atoms with Gasteiger partial charge < -0.3 is 10.4 Å². The highest BCUT2D eigenvalue weighted by atomic mass is 79.9. The standard InChI is InChI=1S/C14H20BrNO2/c1-3-13(16-10(2)14(17)18)9-6-11-4-7-12(15)8-5-11/h4-5,7-8,10,13,16H,3,6,9H2,1-2H3,(H,17,18)/t10-,13?/m0/s1. The number of carbonyl (C=O) groups is 1. The highest BCUT2D eigenvalue weighted by Gasteiger charge is 2.15. The lowest BCUT2D eigenvalue weighted by Gasteiger charge is -2.19. The van der Waals surface area contributed by atoms with Crippen LogP contribution in [-0.4, -0.2) is 23.2 Å². The van der Waals surface area contributed by atoms with Crippen molar-refractivity contribution in [2.45, 2.75) is 45.2 Å². The fraction of sp³-hybridized carbons (Fsp3) is 0.500. The maximum absolute atomic E-state index is 10.8. The van der Waals surface area contributed by atoms with Crippen molar-refractivity contribution < 1.29 is 9.90 Å². The Morgan fingerprint density at radius 1 is 1.39 bits per heavy atom. The third-order valence-electron chi connectivity index (χ3n) is 3.04. The second-order valence-corrected chi connectivity index (χ2v) is 5.41. The van der Waals surface area contributed by atoms with Gasteiger partial charge in [-0.3, -0.25) is 4.79 Å². The van der Waals surface area contributed by atoms with Crippen LogP contribution in [0.15, 0.2) is 28.7 Å². The Morgan fingerprint density at radius 3 is 2.50 bits per heavy atom. The van der Waals surface area contributed by atoms with Gasteiger partial charge in [0.05, 0.1) is 0 Å². The second-order valence-electron chi connectivity index (χ2n) is 4.50. The van der Waals surface area contributed by atoms with Gasteiger partial charge in [0.2, 0.25) is 0 Å². The molecule has 100 valence electrons. The number of benzene rings is 1. The number of aliphatic carboxylic acids is 1. The van der Waals surface area contributed by atoms with Crippen LogP contribution < -0.4 is 5.32 Å². The summed E-state index contributed by atoms with van der Waals surface area (Å²) in [6.07, 6.45) is 2.86. The minimum absolute atomic E-state index is 0.250. The maximum Gasteiger partial charge on any atom is 0.320 e. The summed E-state index contributed by atoms with van der Waals surface area (Å²) in [6, 6.07) is 8.02. The molecule has 18 heavy (non-hydrogen) atoms. The fourth-order valence-electron chi connectivity index (χ4n) is 1.82. The van der Waals surface area contributed by atoms with E-state index in [1.54, 1.807) is 6.92 Å². The first-order valence-corrected chi connectivity index (χ1v) is 7.05. The topological polar surface area (TPSA) is 49.3 Å². The van der Waals surface area contributed by atoms with E-state index in [1.807, 2.05) is 12.1 Å². The summed E-state index contributed by atoms with van der Waals surface area (Å²) in [7, 11) is 0. The molecule has 0 spiro atoms. The molecule has 2 atom stereocenters. The van der Waals surface area contributed by atoms with E-state index in [1.165, 1.54) is 5.56 Å². The maximum atomic E-state index is 10.8. The molecular formula is C14H20BrNO2. The average Bonchev–Trinajstić information content (AvgIpc) is 2.35. The van der Waals surface area contributed by atoms with Crippen molar-refractivity contribution in [1.82, 2.24) is 5.32 Å². The summed E-state index contributed by atoms with van der Waals surface area (Å²) in [5.41, 5.74) is 1.28. The quantitative estimate of drug-likeness (QED) is 0.812. The Morgan fingerprint density at radius 2 is 2.00 bits per heavy atom. The van der Waals surface area contributed by atoms with Crippen LogP contribution in [0.5, 0.6) is 0 Å². The summed E-state index contributed by atoms with van der Waals surface area (Å²) in [5.74, 6) is -0.794. The molecule has 4 heteroatoms. The van der Waals surface area contributed by atoms with E-state index in [2.05, 4.69) is 40.3 Å². The Kier molecular flexibility index (Phi) is 6.36. The summed E-state index contributed by atoms with van der Waals surface area (Å²) in [5, 5.41) is 12.0. The van der Waals surface area contributed by atoms with E-state index in [0.717, 1.165) is 23.7 Å². The number of hydrogen-bond donors (Lipinski definition) is 2. The normalized spacial score (nSPS) is 14.2. The van der Waals surface area contributed by atoms with Crippen molar-refractivity contribution in [2.24, 2.45) is 0 Å². The van der Waals surface area contributed by atoms with Crippen LogP contribution >= 0.6 is 15.9 Å². The van der Waals surface area contributed by atoms with Crippen LogP contribution in [0.1, 0.15) is 32.3 Å². The third-order valence-corrected chi connectivity index (χ3v) is 3.57. The van der Waals surface area contributed by atoms with Crippen molar-refractivity contribution >= 4 is 21.9 Å². The number of aryl methyl sites for hydroxylation is 1. The molecule has 0 aromatic heterocycles. The minimum Gasteiger partial charge on any atom is -0.480 e. The lowest BCUT2D eigenvalue weighted by atomic mass is 10.0. The number of carboxylic acids is 1. The Hall–Kier alpha value is -0.870. The number of hydrogen-bond acceptors (Lipinski definition) is 2. The van der Waals surface area contributed by atoms with E-state index in [0.29, 0.717) is 0 Å². The second kappa shape index (κ2) is 7.54. The van der Waals surface area contributed by atoms with Gasteiger partial charge in [0, 0.05) is 10.5 Å². The Bertz CT molecular complexity index is 378. The van der Waals surface area contributed by atoms with Crippen molar-refractivity contribution in [2.75, 3.05) is 0 Å². The van der Waals surface area contributed by atoms with Gasteiger partial charge in [0.1, 0.15) is 6.04 Å². The first-order valence-electron chi connectivity index (χ1n) is 6.26. The highest BCUT2D eigenvalue weighted by molar-refractivity contribution is 9.10. The van der Waals surface area contributed by atoms with Gasteiger partial charge >= 0.3 is 5.97 Å². The molecule has 0 aliphatic carbocycles. The zero-order chi connectivity index (χ0) is 13.5. The van der Waals surface area contributed by atoms with Crippen LogP contribution in [0.4, 0.5) is 0 Å². The molecule has 0 fully saturated rings. The summed E-state index contributed by atoms with van der Waals surface area (Å²) < 4.78 is 1.08. The molecule has 0 aliphatic heterocycles. The van der Waals surface area contributed by atoms with Crippen LogP contribution in [-0.2, 0) is 11.2 Å². The molecule has 0 bridgehead atoms. The molecule has 0 aliphatic rings. The molecule has 1 rings (SSSR count). The Balaban J connectivity index is 2.44. The van der Waals surface area contributed by atoms with Crippen LogP contribution in [0.25, 0.3) is 0 Å². The van der Waals surface area contributed by atoms with Crippen molar-refractivity contribution in [3.63, 3.8) is 0 Å². The molecule has 3 nitrogen and oxygen atoms in total. The van der Waals surface area contributed by atoms with E-state index in [4.69, 9.17) is 5.11 Å². The van der Waals surface area contributed by atoms with Gasteiger partial charge in [0.25, 0.3) is 0 Å². The average molecular weight is 314 g/mol. The Labute approximate surface area is 117 Å². The first kappa shape index (κ1) is 15.2. The molecule has 0 saturated heterocycles. The fourth-order valence-corrected chi connectivity index (χ4v) is 2.09. The van der Waals surface area contributed by atoms with Crippen LogP contribution in [0, 0.1) is 0 Å². The number of carboxylic acid groups (broad SMARTS) is 1. The molecule has 0 amide bonds. The van der Waals surface area contributed by atoms with Crippen LogP contribution in [0.3, 0.4) is 0 Å². The predicted molar refractivity (Wildman–Crippen MR) is 76.8 cm³/mol. The molecule has 1 aromatic carbocycles. The molecule has 2 N–H and O–H groups in total. The summed E-state index contributed by atoms with van der Waals surface area (Å²) in [4.78, 5) is 10.8. The number of halogens is 1. The lowest BCUT2D eigenvalue weighted by molar-refractivity contribution is -0.139. The van der Waals surface area contributed by atoms with E-state index < -0.39 is 12.0 Å². The lowest BCUT2D eigenvalue weighted by Crippen LogP contribution is -2.41. The SMILES string of the molecule is CCC(CCc1ccc(Br)cc1)N[C@@H](C)C(=O)O. The summed E-state index contributed by atoms with van der Waals surface area (Å²) in [6.45, 7) is 3.76. The van der Waals surface area contributed by atoms with Gasteiger partial charge in [0.15, 0.2) is 0 Å². The van der Waals surface area contributed by atoms with Gasteiger partial charge in [-0.1, -0.05) is 35.0 Å². The first-order chi connectivity index (χ1) is 8.52. The predicted octanol–water partition coefficient (Wildman–Crippen LogP) is 3.22. The molecule has 1 aromatic rings. The van der Waals surface area contributed by atoms with Gasteiger partial charge in [-0.05, 0) is 43.9 Å². The smallest absolute Gasteiger partial charge is 0.320 e. The van der Waals surface area contributed by atoms with Gasteiger partial charge in [-0.2, -0.15) is 0 Å². The zero-order valence-corrected chi connectivity index (χ0v) is 12.4. The van der Waals surface area contributed by atoms with Gasteiger partial charge in [-0.15, -0.1) is 0 Å². The molecule has 0 saturated carbocycles. The largest absolute Gasteiger partial charge is 0.480 e. The monoisotopic (exact) mass is 313 g/mol. The van der Waals surface area contributed by atoms with Crippen molar-refractivity contribution in [3.8, 4) is 0 Å². The third kappa shape index (κ3) is 5.19. The summed E-state index contributed by atoms with van der Waals surface area (Å²) >= 11 is 3.41. The molecule has 0 radical (unpaired) electrons. The molecule has 0 heterocycles. The van der Waals surface area contributed by atoms with E-state index >= 15 is 0 Å².